The highest BCUT2D eigenvalue weighted by molar-refractivity contribution is 8.27. The molecule has 0 N–H and O–H groups in total. The average Bonchev–Trinajstić information content (AvgIpc) is 3.11. The zero-order valence-corrected chi connectivity index (χ0v) is 21.2. The zero-order chi connectivity index (χ0) is 25.1. The maximum Gasteiger partial charge on any atom is 0.270 e. The first-order valence-electron chi connectivity index (χ1n) is 10.0. The smallest absolute Gasteiger partial charge is 0.270 e. The molecule has 0 radical (unpaired) electrons. The molecule has 3 aromatic rings. The molecule has 1 aliphatic heterocycles. The number of hydrogen-bond donors (Lipinski definition) is 0. The minimum Gasteiger partial charge on any atom is -0.493 e. The van der Waals surface area contributed by atoms with Gasteiger partial charge in [-0.1, -0.05) is 53.2 Å². The molecule has 7 nitrogen and oxygen atoms in total. The van der Waals surface area contributed by atoms with Crippen molar-refractivity contribution in [3.05, 3.63) is 96.9 Å². The Hall–Kier alpha value is -3.11. The summed E-state index contributed by atoms with van der Waals surface area (Å²) in [5.74, 6) is 0.669. The average molecular weight is 547 g/mol. The van der Waals surface area contributed by atoms with Crippen LogP contribution in [0.15, 0.2) is 65.6 Å². The number of nitrogens with zero attached hydrogens (tertiary/aromatic N) is 2. The van der Waals surface area contributed by atoms with Gasteiger partial charge in [-0.25, -0.2) is 0 Å². The Labute approximate surface area is 220 Å². The lowest BCUT2D eigenvalue weighted by Crippen LogP contribution is -2.27. The molecule has 1 amide bonds. The summed E-state index contributed by atoms with van der Waals surface area (Å²) >= 11 is 18.8. The Kier molecular flexibility index (Phi) is 7.61. The van der Waals surface area contributed by atoms with Crippen molar-refractivity contribution >= 4 is 74.9 Å². The number of ether oxygens (including phenoxy) is 2. The van der Waals surface area contributed by atoms with Gasteiger partial charge >= 0.3 is 0 Å². The van der Waals surface area contributed by atoms with E-state index in [1.165, 1.54) is 35.9 Å². The molecule has 3 aromatic carbocycles. The van der Waals surface area contributed by atoms with Crippen molar-refractivity contribution in [1.82, 2.24) is 0 Å². The fraction of sp³-hybridized carbons (Fsp3) is 0.0833. The Bertz CT molecular complexity index is 1360. The van der Waals surface area contributed by atoms with Crippen molar-refractivity contribution in [2.75, 3.05) is 12.0 Å². The number of non-ortho nitro benzene ring substituents is 1. The van der Waals surface area contributed by atoms with Gasteiger partial charge in [0.2, 0.25) is 0 Å². The number of halogens is 2. The molecule has 178 valence electrons. The van der Waals surface area contributed by atoms with Crippen molar-refractivity contribution in [2.24, 2.45) is 0 Å². The lowest BCUT2D eigenvalue weighted by atomic mass is 10.1. The number of anilines is 1. The second-order valence-electron chi connectivity index (χ2n) is 7.24. The van der Waals surface area contributed by atoms with Crippen LogP contribution in [-0.2, 0) is 11.4 Å². The molecule has 1 saturated heterocycles. The Morgan fingerprint density at radius 2 is 1.83 bits per heavy atom. The highest BCUT2D eigenvalue weighted by Crippen LogP contribution is 2.40. The van der Waals surface area contributed by atoms with Crippen molar-refractivity contribution in [3.8, 4) is 11.5 Å². The third-order valence-corrected chi connectivity index (χ3v) is 6.81. The van der Waals surface area contributed by atoms with E-state index in [4.69, 9.17) is 44.9 Å². The molecule has 35 heavy (non-hydrogen) atoms. The van der Waals surface area contributed by atoms with Gasteiger partial charge in [0, 0.05) is 17.2 Å². The molecule has 0 aromatic heterocycles. The summed E-state index contributed by atoms with van der Waals surface area (Å²) in [4.78, 5) is 25.2. The van der Waals surface area contributed by atoms with E-state index in [0.29, 0.717) is 42.0 Å². The topological polar surface area (TPSA) is 81.9 Å². The summed E-state index contributed by atoms with van der Waals surface area (Å²) in [6.07, 6.45) is 1.71. The van der Waals surface area contributed by atoms with Crippen LogP contribution < -0.4 is 14.4 Å². The highest BCUT2D eigenvalue weighted by atomic mass is 35.5. The first kappa shape index (κ1) is 25.0. The van der Waals surface area contributed by atoms with E-state index in [9.17, 15) is 14.9 Å². The van der Waals surface area contributed by atoms with Crippen LogP contribution in [0.1, 0.15) is 11.1 Å². The molecule has 0 aliphatic carbocycles. The van der Waals surface area contributed by atoms with Gasteiger partial charge in [0.15, 0.2) is 15.8 Å². The van der Waals surface area contributed by atoms with Gasteiger partial charge < -0.3 is 9.47 Å². The van der Waals surface area contributed by atoms with Gasteiger partial charge in [-0.05, 0) is 59.7 Å². The third-order valence-electron chi connectivity index (χ3n) is 4.97. The summed E-state index contributed by atoms with van der Waals surface area (Å²) in [6, 6.07) is 16.2. The van der Waals surface area contributed by atoms with Crippen LogP contribution >= 0.6 is 47.2 Å². The van der Waals surface area contributed by atoms with Crippen molar-refractivity contribution in [1.29, 1.82) is 0 Å². The van der Waals surface area contributed by atoms with E-state index in [2.05, 4.69) is 0 Å². The zero-order valence-electron chi connectivity index (χ0n) is 18.1. The second-order valence-corrected chi connectivity index (χ2v) is 9.75. The summed E-state index contributed by atoms with van der Waals surface area (Å²) in [5, 5.41) is 11.6. The van der Waals surface area contributed by atoms with Gasteiger partial charge in [0.25, 0.3) is 11.6 Å². The van der Waals surface area contributed by atoms with Crippen molar-refractivity contribution < 1.29 is 19.2 Å². The van der Waals surface area contributed by atoms with E-state index in [0.717, 1.165) is 5.56 Å². The number of amides is 1. The van der Waals surface area contributed by atoms with Gasteiger partial charge in [-0.2, -0.15) is 0 Å². The number of carbonyl (C=O) groups is 1. The maximum absolute atomic E-state index is 13.1. The van der Waals surface area contributed by atoms with Crippen LogP contribution in [0.5, 0.6) is 11.5 Å². The number of nitro benzene ring substituents is 1. The van der Waals surface area contributed by atoms with Gasteiger partial charge in [-0.3, -0.25) is 19.8 Å². The SMILES string of the molecule is COc1cc(/C=C2\SC(=S)N(c3ccc(Cl)cc3Cl)C2=O)ccc1OCc1ccc([N+](=O)[O-])cc1. The van der Waals surface area contributed by atoms with Crippen LogP contribution in [0.3, 0.4) is 0 Å². The summed E-state index contributed by atoms with van der Waals surface area (Å²) in [6.45, 7) is 0.203. The van der Waals surface area contributed by atoms with Gasteiger partial charge in [-0.15, -0.1) is 0 Å². The number of hydrogen-bond acceptors (Lipinski definition) is 7. The monoisotopic (exact) mass is 546 g/mol. The molecule has 0 atom stereocenters. The number of carbonyl (C=O) groups excluding carboxylic acids is 1. The van der Waals surface area contributed by atoms with Gasteiger partial charge in [0.05, 0.1) is 27.6 Å². The molecule has 1 aliphatic rings. The van der Waals surface area contributed by atoms with E-state index in [1.807, 2.05) is 0 Å². The predicted octanol–water partition coefficient (Wildman–Crippen LogP) is 6.90. The van der Waals surface area contributed by atoms with E-state index >= 15 is 0 Å². The molecular weight excluding hydrogens is 531 g/mol. The van der Waals surface area contributed by atoms with Crippen LogP contribution in [0, 0.1) is 10.1 Å². The normalized spacial score (nSPS) is 14.5. The summed E-state index contributed by atoms with van der Waals surface area (Å²) in [7, 11) is 1.51. The molecule has 11 heteroatoms. The molecule has 0 bridgehead atoms. The molecule has 1 fully saturated rings. The summed E-state index contributed by atoms with van der Waals surface area (Å²) < 4.78 is 11.6. The lowest BCUT2D eigenvalue weighted by Gasteiger charge is -2.16. The number of nitro groups is 1. The largest absolute Gasteiger partial charge is 0.493 e. The Morgan fingerprint density at radius 1 is 1.09 bits per heavy atom. The highest BCUT2D eigenvalue weighted by Gasteiger charge is 2.34. The van der Waals surface area contributed by atoms with Crippen molar-refractivity contribution in [3.63, 3.8) is 0 Å². The fourth-order valence-corrected chi connectivity index (χ4v) is 5.04. The maximum atomic E-state index is 13.1. The van der Waals surface area contributed by atoms with Crippen LogP contribution in [-0.4, -0.2) is 22.3 Å². The first-order valence-corrected chi connectivity index (χ1v) is 12.0. The molecule has 1 heterocycles. The lowest BCUT2D eigenvalue weighted by molar-refractivity contribution is -0.384. The number of thiocarbonyl (C=S) groups is 1. The van der Waals surface area contributed by atoms with Crippen molar-refractivity contribution in [2.45, 2.75) is 6.61 Å². The van der Waals surface area contributed by atoms with Crippen LogP contribution in [0.4, 0.5) is 11.4 Å². The number of rotatable bonds is 7. The van der Waals surface area contributed by atoms with E-state index in [1.54, 1.807) is 54.6 Å². The number of methoxy groups -OCH3 is 1. The quantitative estimate of drug-likeness (QED) is 0.138. The second kappa shape index (κ2) is 10.7. The van der Waals surface area contributed by atoms with E-state index < -0.39 is 4.92 Å². The number of benzene rings is 3. The molecule has 0 unspecified atom stereocenters. The Balaban J connectivity index is 1.51. The number of thioether (sulfide) groups is 1. The predicted molar refractivity (Wildman–Crippen MR) is 143 cm³/mol. The molecule has 0 spiro atoms. The fourth-order valence-electron chi connectivity index (χ4n) is 3.26. The standard InChI is InChI=1S/C24H16Cl2N2O5S2/c1-32-21-10-15(4-9-20(21)33-13-14-2-6-17(7-3-14)28(30)31)11-22-23(29)27(24(34)35-22)19-8-5-16(25)12-18(19)26/h2-12H,13H2,1H3/b22-11-. The minimum absolute atomic E-state index is 0.0134. The molecule has 0 saturated carbocycles. The molecular formula is C24H16Cl2N2O5S2. The minimum atomic E-state index is -0.454. The van der Waals surface area contributed by atoms with Crippen LogP contribution in [0.25, 0.3) is 6.08 Å². The van der Waals surface area contributed by atoms with E-state index in [-0.39, 0.29) is 18.2 Å². The Morgan fingerprint density at radius 3 is 2.49 bits per heavy atom. The molecule has 4 rings (SSSR count). The summed E-state index contributed by atoms with van der Waals surface area (Å²) in [5.41, 5.74) is 1.97. The van der Waals surface area contributed by atoms with Crippen LogP contribution in [0.2, 0.25) is 10.0 Å². The third kappa shape index (κ3) is 5.59. The van der Waals surface area contributed by atoms with Gasteiger partial charge in [0.1, 0.15) is 6.61 Å². The first-order chi connectivity index (χ1) is 16.8.